The molecule has 0 fully saturated rings. The van der Waals surface area contributed by atoms with Crippen molar-refractivity contribution >= 4 is 5.91 Å². The van der Waals surface area contributed by atoms with Gasteiger partial charge >= 0.3 is 0 Å². The first kappa shape index (κ1) is 12.2. The summed E-state index contributed by atoms with van der Waals surface area (Å²) in [4.78, 5) is 11.6. The third-order valence-electron chi connectivity index (χ3n) is 2.42. The van der Waals surface area contributed by atoms with Gasteiger partial charge in [-0.2, -0.15) is 0 Å². The Morgan fingerprint density at radius 1 is 1.60 bits per heavy atom. The molecule has 3 N–H and O–H groups in total. The summed E-state index contributed by atoms with van der Waals surface area (Å²) in [6.45, 7) is 4.08. The van der Waals surface area contributed by atoms with Gasteiger partial charge in [0.05, 0.1) is 5.92 Å². The minimum atomic E-state index is -0.0351. The molecule has 2 unspecified atom stereocenters. The summed E-state index contributed by atoms with van der Waals surface area (Å²) in [6, 6.07) is 0.0455. The van der Waals surface area contributed by atoms with Gasteiger partial charge in [-0.05, 0) is 19.8 Å². The maximum atomic E-state index is 11.6. The molecule has 0 saturated heterocycles. The van der Waals surface area contributed by atoms with Crippen molar-refractivity contribution in [2.24, 2.45) is 11.7 Å². The van der Waals surface area contributed by atoms with E-state index in [1.807, 2.05) is 19.1 Å². The maximum absolute atomic E-state index is 11.6. The highest BCUT2D eigenvalue weighted by molar-refractivity contribution is 5.81. The summed E-state index contributed by atoms with van der Waals surface area (Å²) >= 11 is 0. The molecule has 1 rings (SSSR count). The largest absolute Gasteiger partial charge is 0.382 e. The topological polar surface area (TPSA) is 64.3 Å². The molecule has 1 aliphatic rings. The van der Waals surface area contributed by atoms with Gasteiger partial charge in [0.15, 0.2) is 0 Å². The van der Waals surface area contributed by atoms with E-state index in [0.29, 0.717) is 13.2 Å². The molecule has 0 spiro atoms. The molecule has 0 aromatic rings. The number of hydrogen-bond donors (Lipinski definition) is 2. The Morgan fingerprint density at radius 2 is 2.40 bits per heavy atom. The number of amides is 1. The molecular formula is C11H20N2O2. The van der Waals surface area contributed by atoms with E-state index in [9.17, 15) is 4.79 Å². The Kier molecular flexibility index (Phi) is 5.36. The molecule has 0 saturated carbocycles. The first-order valence-electron chi connectivity index (χ1n) is 5.53. The third kappa shape index (κ3) is 4.44. The zero-order valence-corrected chi connectivity index (χ0v) is 9.24. The number of hydrogen-bond acceptors (Lipinski definition) is 3. The van der Waals surface area contributed by atoms with Crippen LogP contribution in [0.25, 0.3) is 0 Å². The SMILES string of the molecule is CCOCCCNC(=O)C1C=CC(N)C1. The molecule has 4 nitrogen and oxygen atoms in total. The summed E-state index contributed by atoms with van der Waals surface area (Å²) in [5.74, 6) is 0.0443. The lowest BCUT2D eigenvalue weighted by molar-refractivity contribution is -0.123. The maximum Gasteiger partial charge on any atom is 0.226 e. The van der Waals surface area contributed by atoms with Crippen molar-refractivity contribution in [2.75, 3.05) is 19.8 Å². The minimum absolute atomic E-state index is 0.0351. The number of nitrogens with one attached hydrogen (secondary N) is 1. The zero-order valence-electron chi connectivity index (χ0n) is 9.24. The molecule has 1 amide bonds. The lowest BCUT2D eigenvalue weighted by Gasteiger charge is -2.10. The number of carbonyl (C=O) groups is 1. The molecule has 1 aliphatic carbocycles. The van der Waals surface area contributed by atoms with E-state index < -0.39 is 0 Å². The predicted octanol–water partition coefficient (Wildman–Crippen LogP) is 0.433. The van der Waals surface area contributed by atoms with E-state index in [1.165, 1.54) is 0 Å². The number of carbonyl (C=O) groups excluding carboxylic acids is 1. The summed E-state index contributed by atoms with van der Waals surface area (Å²) in [5.41, 5.74) is 5.67. The van der Waals surface area contributed by atoms with Gasteiger partial charge in [-0.1, -0.05) is 12.2 Å². The molecule has 0 radical (unpaired) electrons. The Balaban J connectivity index is 2.06. The van der Waals surface area contributed by atoms with Gasteiger partial charge in [0.2, 0.25) is 5.91 Å². The van der Waals surface area contributed by atoms with Gasteiger partial charge in [-0.25, -0.2) is 0 Å². The van der Waals surface area contributed by atoms with Crippen molar-refractivity contribution in [1.29, 1.82) is 0 Å². The summed E-state index contributed by atoms with van der Waals surface area (Å²) in [6.07, 6.45) is 5.38. The Hall–Kier alpha value is -0.870. The molecule has 0 aliphatic heterocycles. The Morgan fingerprint density at radius 3 is 3.00 bits per heavy atom. The van der Waals surface area contributed by atoms with Gasteiger partial charge < -0.3 is 15.8 Å². The van der Waals surface area contributed by atoms with Crippen LogP contribution in [0.3, 0.4) is 0 Å². The van der Waals surface area contributed by atoms with Gasteiger partial charge in [0, 0.05) is 25.8 Å². The second kappa shape index (κ2) is 6.58. The normalized spacial score (nSPS) is 24.4. The molecule has 0 bridgehead atoms. The number of nitrogens with two attached hydrogens (primary N) is 1. The Bertz CT molecular complexity index is 229. The average Bonchev–Trinajstić information content (AvgIpc) is 2.64. The molecule has 86 valence electrons. The lowest BCUT2D eigenvalue weighted by atomic mass is 10.1. The highest BCUT2D eigenvalue weighted by Crippen LogP contribution is 2.15. The van der Waals surface area contributed by atoms with Crippen molar-refractivity contribution in [3.05, 3.63) is 12.2 Å². The average molecular weight is 212 g/mol. The zero-order chi connectivity index (χ0) is 11.1. The van der Waals surface area contributed by atoms with E-state index in [1.54, 1.807) is 0 Å². The van der Waals surface area contributed by atoms with Crippen LogP contribution >= 0.6 is 0 Å². The van der Waals surface area contributed by atoms with Gasteiger partial charge in [0.1, 0.15) is 0 Å². The van der Waals surface area contributed by atoms with Crippen molar-refractivity contribution in [3.8, 4) is 0 Å². The molecule has 0 aromatic carbocycles. The molecule has 2 atom stereocenters. The van der Waals surface area contributed by atoms with Crippen LogP contribution in [0.4, 0.5) is 0 Å². The van der Waals surface area contributed by atoms with E-state index in [0.717, 1.165) is 19.4 Å². The van der Waals surface area contributed by atoms with Crippen molar-refractivity contribution < 1.29 is 9.53 Å². The van der Waals surface area contributed by atoms with Crippen LogP contribution in [0, 0.1) is 5.92 Å². The van der Waals surface area contributed by atoms with Gasteiger partial charge in [-0.15, -0.1) is 0 Å². The highest BCUT2D eigenvalue weighted by Gasteiger charge is 2.21. The fourth-order valence-electron chi connectivity index (χ4n) is 1.58. The van der Waals surface area contributed by atoms with Crippen LogP contribution < -0.4 is 11.1 Å². The third-order valence-corrected chi connectivity index (χ3v) is 2.42. The van der Waals surface area contributed by atoms with E-state index in [4.69, 9.17) is 10.5 Å². The van der Waals surface area contributed by atoms with Crippen LogP contribution in [0.2, 0.25) is 0 Å². The fraction of sp³-hybridized carbons (Fsp3) is 0.727. The van der Waals surface area contributed by atoms with Crippen LogP contribution in [-0.2, 0) is 9.53 Å². The molecule has 0 heterocycles. The summed E-state index contributed by atoms with van der Waals surface area (Å²) in [7, 11) is 0. The summed E-state index contributed by atoms with van der Waals surface area (Å²) in [5, 5.41) is 2.88. The monoisotopic (exact) mass is 212 g/mol. The second-order valence-corrected chi connectivity index (χ2v) is 3.73. The first-order valence-corrected chi connectivity index (χ1v) is 5.53. The predicted molar refractivity (Wildman–Crippen MR) is 59.3 cm³/mol. The van der Waals surface area contributed by atoms with Gasteiger partial charge in [-0.3, -0.25) is 4.79 Å². The summed E-state index contributed by atoms with van der Waals surface area (Å²) < 4.78 is 5.17. The van der Waals surface area contributed by atoms with Crippen molar-refractivity contribution in [1.82, 2.24) is 5.32 Å². The van der Waals surface area contributed by atoms with Gasteiger partial charge in [0.25, 0.3) is 0 Å². The fourth-order valence-corrected chi connectivity index (χ4v) is 1.58. The van der Waals surface area contributed by atoms with Crippen LogP contribution in [-0.4, -0.2) is 31.7 Å². The second-order valence-electron chi connectivity index (χ2n) is 3.73. The van der Waals surface area contributed by atoms with Crippen LogP contribution in [0.15, 0.2) is 12.2 Å². The lowest BCUT2D eigenvalue weighted by Crippen LogP contribution is -2.31. The van der Waals surface area contributed by atoms with E-state index in [2.05, 4.69) is 5.32 Å². The minimum Gasteiger partial charge on any atom is -0.382 e. The smallest absolute Gasteiger partial charge is 0.226 e. The van der Waals surface area contributed by atoms with E-state index >= 15 is 0 Å². The Labute approximate surface area is 90.9 Å². The number of ether oxygens (including phenoxy) is 1. The standard InChI is InChI=1S/C11H20N2O2/c1-2-15-7-3-6-13-11(14)9-4-5-10(12)8-9/h4-5,9-10H,2-3,6-8,12H2,1H3,(H,13,14). The molecular weight excluding hydrogens is 192 g/mol. The van der Waals surface area contributed by atoms with Crippen molar-refractivity contribution in [2.45, 2.75) is 25.8 Å². The number of rotatable bonds is 6. The van der Waals surface area contributed by atoms with Crippen molar-refractivity contribution in [3.63, 3.8) is 0 Å². The van der Waals surface area contributed by atoms with Crippen LogP contribution in [0.1, 0.15) is 19.8 Å². The molecule has 4 heteroatoms. The molecule has 0 aromatic heterocycles. The van der Waals surface area contributed by atoms with E-state index in [-0.39, 0.29) is 17.9 Å². The quantitative estimate of drug-likeness (QED) is 0.496. The van der Waals surface area contributed by atoms with Crippen LogP contribution in [0.5, 0.6) is 0 Å². The highest BCUT2D eigenvalue weighted by atomic mass is 16.5. The molecule has 15 heavy (non-hydrogen) atoms. The first-order chi connectivity index (χ1) is 7.24.